The number of hydrogen-bond acceptors (Lipinski definition) is 4. The monoisotopic (exact) mass is 402 g/mol. The van der Waals surface area contributed by atoms with Crippen molar-refractivity contribution in [1.82, 2.24) is 4.72 Å². The van der Waals surface area contributed by atoms with Crippen molar-refractivity contribution in [2.24, 2.45) is 0 Å². The quantitative estimate of drug-likeness (QED) is 0.604. The first-order valence-electron chi connectivity index (χ1n) is 8.59. The Morgan fingerprint density at radius 1 is 1.00 bits per heavy atom. The lowest BCUT2D eigenvalue weighted by molar-refractivity contribution is -0.116. The molecule has 0 aliphatic rings. The zero-order chi connectivity index (χ0) is 20.0. The summed E-state index contributed by atoms with van der Waals surface area (Å²) in [6, 6.07) is 15.5. The minimum Gasteiger partial charge on any atom is -0.468 e. The summed E-state index contributed by atoms with van der Waals surface area (Å²) < 4.78 is 45.7. The Kier molecular flexibility index (Phi) is 6.23. The van der Waals surface area contributed by atoms with Crippen LogP contribution in [0, 0.1) is 5.82 Å². The van der Waals surface area contributed by atoms with Crippen molar-refractivity contribution in [3.05, 3.63) is 84.1 Å². The predicted molar refractivity (Wildman–Crippen MR) is 103 cm³/mol. The Morgan fingerprint density at radius 2 is 1.75 bits per heavy atom. The Labute approximate surface area is 162 Å². The van der Waals surface area contributed by atoms with Crippen LogP contribution in [0.25, 0.3) is 0 Å². The van der Waals surface area contributed by atoms with Crippen molar-refractivity contribution in [3.63, 3.8) is 0 Å². The number of benzene rings is 2. The van der Waals surface area contributed by atoms with Crippen LogP contribution in [0.4, 0.5) is 10.1 Å². The number of amides is 1. The third-order valence-electron chi connectivity index (χ3n) is 4.04. The van der Waals surface area contributed by atoms with Gasteiger partial charge in [-0.3, -0.25) is 4.79 Å². The molecule has 0 atom stereocenters. The first kappa shape index (κ1) is 19.8. The van der Waals surface area contributed by atoms with Crippen LogP contribution in [0.15, 0.2) is 76.2 Å². The first-order chi connectivity index (χ1) is 13.4. The SMILES string of the molecule is O=C(CCc1ccccc1F)Nc1ccc(S(=O)(=O)NCc2ccco2)cc1. The molecular weight excluding hydrogens is 383 g/mol. The standard InChI is InChI=1S/C20H19FN2O4S/c21-19-6-2-1-4-15(19)7-12-20(24)23-16-8-10-18(11-9-16)28(25,26)22-14-17-5-3-13-27-17/h1-6,8-11,13,22H,7,12,14H2,(H,23,24). The minimum atomic E-state index is -3.70. The molecule has 0 unspecified atom stereocenters. The number of nitrogens with one attached hydrogen (secondary N) is 2. The van der Waals surface area contributed by atoms with Crippen LogP contribution in [0.3, 0.4) is 0 Å². The van der Waals surface area contributed by atoms with Crippen LogP contribution in [0.1, 0.15) is 17.7 Å². The second-order valence-corrected chi connectivity index (χ2v) is 7.83. The molecule has 8 heteroatoms. The normalized spacial score (nSPS) is 11.3. The van der Waals surface area contributed by atoms with Gasteiger partial charge in [0.25, 0.3) is 0 Å². The van der Waals surface area contributed by atoms with Gasteiger partial charge in [-0.05, 0) is 54.4 Å². The lowest BCUT2D eigenvalue weighted by Crippen LogP contribution is -2.23. The van der Waals surface area contributed by atoms with Gasteiger partial charge < -0.3 is 9.73 Å². The zero-order valence-corrected chi connectivity index (χ0v) is 15.7. The van der Waals surface area contributed by atoms with E-state index in [0.29, 0.717) is 17.0 Å². The van der Waals surface area contributed by atoms with E-state index in [1.54, 1.807) is 30.3 Å². The highest BCUT2D eigenvalue weighted by atomic mass is 32.2. The lowest BCUT2D eigenvalue weighted by Gasteiger charge is -2.08. The second kappa shape index (κ2) is 8.81. The third-order valence-corrected chi connectivity index (χ3v) is 5.46. The smallest absolute Gasteiger partial charge is 0.240 e. The van der Waals surface area contributed by atoms with E-state index >= 15 is 0 Å². The maximum Gasteiger partial charge on any atom is 0.240 e. The number of rotatable bonds is 8. The second-order valence-electron chi connectivity index (χ2n) is 6.07. The van der Waals surface area contributed by atoms with Gasteiger partial charge in [-0.2, -0.15) is 0 Å². The molecule has 28 heavy (non-hydrogen) atoms. The van der Waals surface area contributed by atoms with Gasteiger partial charge >= 0.3 is 0 Å². The van der Waals surface area contributed by atoms with Gasteiger partial charge in [0.15, 0.2) is 0 Å². The maximum atomic E-state index is 13.6. The van der Waals surface area contributed by atoms with Crippen molar-refractivity contribution >= 4 is 21.6 Å². The molecule has 1 heterocycles. The Morgan fingerprint density at radius 3 is 2.43 bits per heavy atom. The Bertz CT molecular complexity index is 1030. The molecule has 146 valence electrons. The maximum absolute atomic E-state index is 13.6. The van der Waals surface area contributed by atoms with Gasteiger partial charge in [0.05, 0.1) is 17.7 Å². The van der Waals surface area contributed by atoms with E-state index in [1.165, 1.54) is 36.6 Å². The molecule has 3 rings (SSSR count). The highest BCUT2D eigenvalue weighted by Crippen LogP contribution is 2.16. The molecule has 0 spiro atoms. The first-order valence-corrected chi connectivity index (χ1v) is 10.1. The number of carbonyl (C=O) groups excluding carboxylic acids is 1. The fourth-order valence-electron chi connectivity index (χ4n) is 2.55. The summed E-state index contributed by atoms with van der Waals surface area (Å²) in [5.41, 5.74) is 0.935. The van der Waals surface area contributed by atoms with Crippen molar-refractivity contribution in [2.45, 2.75) is 24.3 Å². The van der Waals surface area contributed by atoms with Gasteiger partial charge in [-0.25, -0.2) is 17.5 Å². The van der Waals surface area contributed by atoms with E-state index in [0.717, 1.165) is 0 Å². The van der Waals surface area contributed by atoms with Crippen LogP contribution in [0.2, 0.25) is 0 Å². The Balaban J connectivity index is 1.54. The molecule has 0 saturated carbocycles. The van der Waals surface area contributed by atoms with Crippen LogP contribution in [-0.4, -0.2) is 14.3 Å². The molecular formula is C20H19FN2O4S. The number of carbonyl (C=O) groups is 1. The van der Waals surface area contributed by atoms with Crippen molar-refractivity contribution in [1.29, 1.82) is 0 Å². The molecule has 1 amide bonds. The highest BCUT2D eigenvalue weighted by molar-refractivity contribution is 7.89. The molecule has 2 aromatic carbocycles. The number of furan rings is 1. The lowest BCUT2D eigenvalue weighted by atomic mass is 10.1. The van der Waals surface area contributed by atoms with Gasteiger partial charge in [0.2, 0.25) is 15.9 Å². The van der Waals surface area contributed by atoms with Gasteiger partial charge in [0.1, 0.15) is 11.6 Å². The molecule has 2 N–H and O–H groups in total. The molecule has 0 radical (unpaired) electrons. The summed E-state index contributed by atoms with van der Waals surface area (Å²) >= 11 is 0. The summed E-state index contributed by atoms with van der Waals surface area (Å²) in [5, 5.41) is 2.67. The van der Waals surface area contributed by atoms with Gasteiger partial charge in [0, 0.05) is 12.1 Å². The predicted octanol–water partition coefficient (Wildman–Crippen LogP) is 3.47. The molecule has 3 aromatic rings. The fraction of sp³-hybridized carbons (Fsp3) is 0.150. The minimum absolute atomic E-state index is 0.0455. The van der Waals surface area contributed by atoms with Crippen molar-refractivity contribution in [2.75, 3.05) is 5.32 Å². The van der Waals surface area contributed by atoms with Crippen LogP contribution < -0.4 is 10.0 Å². The number of halogens is 1. The molecule has 0 saturated heterocycles. The van der Waals surface area contributed by atoms with Crippen molar-refractivity contribution in [3.8, 4) is 0 Å². The molecule has 0 bridgehead atoms. The van der Waals surface area contributed by atoms with E-state index in [1.807, 2.05) is 0 Å². The van der Waals surface area contributed by atoms with Gasteiger partial charge in [-0.15, -0.1) is 0 Å². The molecule has 1 aromatic heterocycles. The third kappa shape index (κ3) is 5.28. The van der Waals surface area contributed by atoms with Crippen LogP contribution >= 0.6 is 0 Å². The van der Waals surface area contributed by atoms with E-state index < -0.39 is 10.0 Å². The van der Waals surface area contributed by atoms with E-state index in [2.05, 4.69) is 10.0 Å². The van der Waals surface area contributed by atoms with E-state index in [9.17, 15) is 17.6 Å². The number of sulfonamides is 1. The average Bonchev–Trinajstić information content (AvgIpc) is 3.20. The van der Waals surface area contributed by atoms with E-state index in [-0.39, 0.29) is 36.0 Å². The summed E-state index contributed by atoms with van der Waals surface area (Å²) in [6.45, 7) is 0.0455. The average molecular weight is 402 g/mol. The van der Waals surface area contributed by atoms with Gasteiger partial charge in [-0.1, -0.05) is 18.2 Å². The molecule has 6 nitrogen and oxygen atoms in total. The summed E-state index contributed by atoms with van der Waals surface area (Å²) in [4.78, 5) is 12.1. The molecule has 0 aliphatic carbocycles. The van der Waals surface area contributed by atoms with Crippen LogP contribution in [0.5, 0.6) is 0 Å². The zero-order valence-electron chi connectivity index (χ0n) is 14.9. The van der Waals surface area contributed by atoms with Crippen LogP contribution in [-0.2, 0) is 27.8 Å². The number of hydrogen-bond donors (Lipinski definition) is 2. The highest BCUT2D eigenvalue weighted by Gasteiger charge is 2.14. The Hall–Kier alpha value is -2.97. The number of aryl methyl sites for hydroxylation is 1. The summed E-state index contributed by atoms with van der Waals surface area (Å²) in [5.74, 6) is -0.121. The number of anilines is 1. The fourth-order valence-corrected chi connectivity index (χ4v) is 3.55. The van der Waals surface area contributed by atoms with Crippen molar-refractivity contribution < 1.29 is 22.0 Å². The summed E-state index contributed by atoms with van der Waals surface area (Å²) in [7, 11) is -3.70. The molecule has 0 aliphatic heterocycles. The largest absolute Gasteiger partial charge is 0.468 e. The topological polar surface area (TPSA) is 88.4 Å². The molecule has 0 fully saturated rings. The van der Waals surface area contributed by atoms with E-state index in [4.69, 9.17) is 4.42 Å². The summed E-state index contributed by atoms with van der Waals surface area (Å²) in [6.07, 6.45) is 1.86.